The van der Waals surface area contributed by atoms with Gasteiger partial charge in [-0.25, -0.2) is 14.8 Å². The van der Waals surface area contributed by atoms with E-state index in [-0.39, 0.29) is 33.8 Å². The molecule has 57 heavy (non-hydrogen) atoms. The highest BCUT2D eigenvalue weighted by Gasteiger charge is 2.64. The molecular weight excluding hydrogens is 765 g/mol. The number of aromatic nitrogens is 2. The largest absolute Gasteiger partial charge is 0.507 e. The van der Waals surface area contributed by atoms with Gasteiger partial charge >= 0.3 is 5.97 Å². The van der Waals surface area contributed by atoms with Crippen LogP contribution in [0, 0.1) is 6.92 Å². The number of nitrogen functional groups attached to an aromatic ring is 2. The van der Waals surface area contributed by atoms with Gasteiger partial charge < -0.3 is 40.1 Å². The number of aliphatic imine (C=N–C) groups is 1. The number of aryl methyl sites for hydroxylation is 2. The van der Waals surface area contributed by atoms with Crippen LogP contribution < -0.4 is 21.6 Å². The Kier molecular flexibility index (Phi) is 8.16. The summed E-state index contributed by atoms with van der Waals surface area (Å²) in [5.41, 5.74) is 16.2. The molecule has 1 spiro atoms. The van der Waals surface area contributed by atoms with E-state index >= 15 is 0 Å². The second-order valence-corrected chi connectivity index (χ2v) is 18.6. The molecule has 5 atom stereocenters. The van der Waals surface area contributed by atoms with Crippen molar-refractivity contribution in [1.82, 2.24) is 14.9 Å². The summed E-state index contributed by atoms with van der Waals surface area (Å²) in [6, 6.07) is 8.94. The SMILES string of the molecule is Cc1cc(=O)c2c(O)c3c(cc2o1)O[C@@]1(C)C[C@@H]2C=C[C@]1(C3)OC(=O)[C@@]1(C)O[C@H]1CCc1cc(N)nc(c1)-c1cc(CN3C=C4C=CN=C4C3)nc(N)c1CSS2. The van der Waals surface area contributed by atoms with Gasteiger partial charge in [0.15, 0.2) is 22.2 Å². The lowest BCUT2D eigenvalue weighted by atomic mass is 9.70. The molecule has 0 saturated carbocycles. The van der Waals surface area contributed by atoms with E-state index in [1.807, 2.05) is 43.5 Å². The molecule has 9 heterocycles. The normalized spacial score (nSPS) is 28.5. The maximum Gasteiger partial charge on any atom is 0.341 e. The molecule has 292 valence electrons. The summed E-state index contributed by atoms with van der Waals surface area (Å²) in [7, 11) is 3.29. The average molecular weight is 805 g/mol. The van der Waals surface area contributed by atoms with E-state index in [9.17, 15) is 14.7 Å². The molecule has 7 aliphatic rings. The zero-order chi connectivity index (χ0) is 39.4. The van der Waals surface area contributed by atoms with Gasteiger partial charge in [0.2, 0.25) is 0 Å². The van der Waals surface area contributed by atoms with Crippen molar-refractivity contribution in [1.29, 1.82) is 0 Å². The number of aromatic hydroxyl groups is 1. The maximum absolute atomic E-state index is 14.2. The van der Waals surface area contributed by atoms with Crippen molar-refractivity contribution >= 4 is 55.9 Å². The van der Waals surface area contributed by atoms with Gasteiger partial charge in [0, 0.05) is 70.6 Å². The molecule has 0 amide bonds. The van der Waals surface area contributed by atoms with Crippen molar-refractivity contribution in [3.05, 3.63) is 105 Å². The van der Waals surface area contributed by atoms with E-state index in [1.165, 1.54) is 6.07 Å². The minimum Gasteiger partial charge on any atom is -0.507 e. The van der Waals surface area contributed by atoms with Crippen molar-refractivity contribution in [3.8, 4) is 22.8 Å². The Morgan fingerprint density at radius 1 is 1.07 bits per heavy atom. The third kappa shape index (κ3) is 6.00. The molecule has 15 heteroatoms. The number of rotatable bonds is 2. The predicted octanol–water partition coefficient (Wildman–Crippen LogP) is 6.09. The van der Waals surface area contributed by atoms with Crippen LogP contribution in [0.15, 0.2) is 80.7 Å². The van der Waals surface area contributed by atoms with Gasteiger partial charge in [-0.1, -0.05) is 27.7 Å². The molecular formula is C42H40N6O7S2. The van der Waals surface area contributed by atoms with E-state index in [0.717, 1.165) is 33.7 Å². The fraction of sp³-hybridized carbons (Fsp3) is 0.357. The number of benzene rings is 1. The molecule has 13 nitrogen and oxygen atoms in total. The molecule has 1 fully saturated rings. The number of esters is 1. The number of carbonyl (C=O) groups excluding carboxylic acids is 1. The van der Waals surface area contributed by atoms with E-state index in [0.29, 0.717) is 72.5 Å². The van der Waals surface area contributed by atoms with E-state index < -0.39 is 28.9 Å². The van der Waals surface area contributed by atoms with Gasteiger partial charge in [-0.3, -0.25) is 9.79 Å². The number of hydrogen-bond donors (Lipinski definition) is 3. The third-order valence-electron chi connectivity index (χ3n) is 12.0. The van der Waals surface area contributed by atoms with Crippen LogP contribution in [-0.2, 0) is 39.4 Å². The highest BCUT2D eigenvalue weighted by Crippen LogP contribution is 2.54. The average Bonchev–Trinajstić information content (AvgIpc) is 3.40. The number of allylic oxidation sites excluding steroid dienone is 1. The highest BCUT2D eigenvalue weighted by molar-refractivity contribution is 8.76. The van der Waals surface area contributed by atoms with Crippen LogP contribution in [0.3, 0.4) is 0 Å². The molecule has 11 rings (SSSR count). The first kappa shape index (κ1) is 36.1. The van der Waals surface area contributed by atoms with Gasteiger partial charge in [-0.15, -0.1) is 0 Å². The smallest absolute Gasteiger partial charge is 0.341 e. The summed E-state index contributed by atoms with van der Waals surface area (Å²) < 4.78 is 25.3. The number of fused-ring (bicyclic) bond motifs is 7. The summed E-state index contributed by atoms with van der Waals surface area (Å²) in [5.74, 6) is 1.36. The second-order valence-electron chi connectivity index (χ2n) is 16.0. The summed E-state index contributed by atoms with van der Waals surface area (Å²) in [6.45, 7) is 6.60. The standard InChI is InChI=1S/C42H40N6O7S2/c1-21-10-31(49)36-33(52-21)14-32-27(37(36)50)16-42-8-6-25(15-40(42,2)53-32)57-56-20-28-26(13-24(46-38(28)44)18-48-17-23-7-9-45-30(23)19-48)29-11-22(12-35(43)47-29)4-5-34-41(3,54-34)39(51)55-42/h6-14,17,25,34,50H,4-5,15-16,18-20H2,1-3H3,(H2,43,47)(H2,44,46)/t25-,34-,40-,41-,42+/m0/s1. The predicted molar refractivity (Wildman–Crippen MR) is 220 cm³/mol. The van der Waals surface area contributed by atoms with Gasteiger partial charge in [-0.05, 0) is 69.5 Å². The van der Waals surface area contributed by atoms with E-state index in [4.69, 9.17) is 40.1 Å². The molecule has 1 saturated heterocycles. The molecule has 3 aromatic heterocycles. The first-order valence-corrected chi connectivity index (χ1v) is 21.3. The van der Waals surface area contributed by atoms with Crippen molar-refractivity contribution in [2.45, 2.75) is 86.9 Å². The summed E-state index contributed by atoms with van der Waals surface area (Å²) in [4.78, 5) is 43.6. The van der Waals surface area contributed by atoms with Gasteiger partial charge in [0.05, 0.1) is 36.3 Å². The topological polar surface area (TPSA) is 192 Å². The Morgan fingerprint density at radius 2 is 1.93 bits per heavy atom. The first-order valence-electron chi connectivity index (χ1n) is 18.9. The van der Waals surface area contributed by atoms with Crippen LogP contribution in [-0.4, -0.2) is 66.4 Å². The molecule has 0 unspecified atom stereocenters. The first-order chi connectivity index (χ1) is 27.3. The minimum absolute atomic E-state index is 0.0563. The van der Waals surface area contributed by atoms with Crippen LogP contribution in [0.5, 0.6) is 11.5 Å². The lowest BCUT2D eigenvalue weighted by Crippen LogP contribution is -2.64. The summed E-state index contributed by atoms with van der Waals surface area (Å²) in [5, 5.41) is 11.5. The van der Waals surface area contributed by atoms with Crippen LogP contribution in [0.25, 0.3) is 22.2 Å². The number of phenols is 1. The molecule has 5 N–H and O–H groups in total. The van der Waals surface area contributed by atoms with Gasteiger partial charge in [0.25, 0.3) is 0 Å². The van der Waals surface area contributed by atoms with Crippen LogP contribution >= 0.6 is 21.6 Å². The van der Waals surface area contributed by atoms with E-state index in [2.05, 4.69) is 22.2 Å². The number of carbonyl (C=O) groups is 1. The Hall–Kier alpha value is -5.25. The quantitative estimate of drug-likeness (QED) is 0.0913. The van der Waals surface area contributed by atoms with Gasteiger partial charge in [-0.2, -0.15) is 0 Å². The number of hydrogen-bond acceptors (Lipinski definition) is 15. The van der Waals surface area contributed by atoms with Crippen molar-refractivity contribution < 1.29 is 28.5 Å². The minimum atomic E-state index is -1.32. The fourth-order valence-corrected chi connectivity index (χ4v) is 11.5. The number of pyridine rings is 2. The Bertz CT molecular complexity index is 2620. The Labute approximate surface area is 335 Å². The lowest BCUT2D eigenvalue weighted by molar-refractivity contribution is -0.186. The zero-order valence-corrected chi connectivity index (χ0v) is 33.2. The third-order valence-corrected chi connectivity index (χ3v) is 14.6. The van der Waals surface area contributed by atoms with Crippen molar-refractivity contribution in [3.63, 3.8) is 0 Å². The molecule has 0 radical (unpaired) electrons. The Morgan fingerprint density at radius 3 is 2.77 bits per heavy atom. The molecule has 1 aliphatic carbocycles. The molecule has 6 aliphatic heterocycles. The monoisotopic (exact) mass is 804 g/mol. The van der Waals surface area contributed by atoms with Crippen LogP contribution in [0.4, 0.5) is 11.6 Å². The van der Waals surface area contributed by atoms with Crippen molar-refractivity contribution in [2.75, 3.05) is 18.0 Å². The van der Waals surface area contributed by atoms with Crippen LogP contribution in [0.1, 0.15) is 54.8 Å². The number of nitrogens with two attached hydrogens (primary N) is 2. The van der Waals surface area contributed by atoms with Gasteiger partial charge in [0.1, 0.15) is 39.9 Å². The molecule has 4 bridgehead atoms. The number of epoxide rings is 1. The number of ether oxygens (including phenoxy) is 3. The number of anilines is 2. The molecule has 4 aromatic rings. The summed E-state index contributed by atoms with van der Waals surface area (Å²) in [6.07, 6.45) is 11.1. The number of phenolic OH excluding ortho intramolecular Hbond substituents is 1. The maximum atomic E-state index is 14.2. The van der Waals surface area contributed by atoms with E-state index in [1.54, 1.807) is 41.5 Å². The lowest BCUT2D eigenvalue weighted by Gasteiger charge is -2.52. The summed E-state index contributed by atoms with van der Waals surface area (Å²) >= 11 is 0. The fourth-order valence-electron chi connectivity index (χ4n) is 8.78. The van der Waals surface area contributed by atoms with Crippen molar-refractivity contribution in [2.24, 2.45) is 4.99 Å². The number of nitrogens with zero attached hydrogens (tertiary/aromatic N) is 4. The highest BCUT2D eigenvalue weighted by atomic mass is 33.1. The second kappa shape index (κ2) is 12.9. The van der Waals surface area contributed by atoms with Crippen LogP contribution in [0.2, 0.25) is 0 Å². The molecule has 1 aromatic carbocycles. The zero-order valence-electron chi connectivity index (χ0n) is 31.5. The Balaban J connectivity index is 1.02.